The van der Waals surface area contributed by atoms with Crippen LogP contribution in [0.25, 0.3) is 0 Å². The van der Waals surface area contributed by atoms with Gasteiger partial charge in [0.25, 0.3) is 0 Å². The molecule has 1 unspecified atom stereocenters. The molecule has 0 spiro atoms. The van der Waals surface area contributed by atoms with Crippen molar-refractivity contribution in [3.63, 3.8) is 0 Å². The monoisotopic (exact) mass is 211 g/mol. The highest BCUT2D eigenvalue weighted by Crippen LogP contribution is 2.17. The Bertz CT molecular complexity index is 295. The number of hydrogen-bond donors (Lipinski definition) is 1. The highest BCUT2D eigenvalue weighted by Gasteiger charge is 2.19. The standard InChI is InChI=1S/C11H17NO3/c1-4-9(10-6-5-7-15-10)12-8(2)11(13)14-3/h5-9,12H,4H2,1-3H3/t8-,9?/m0/s1. The van der Waals surface area contributed by atoms with Crippen LogP contribution in [0, 0.1) is 0 Å². The summed E-state index contributed by atoms with van der Waals surface area (Å²) in [5.74, 6) is 0.577. The number of ether oxygens (including phenoxy) is 1. The van der Waals surface area contributed by atoms with Crippen molar-refractivity contribution in [1.82, 2.24) is 5.32 Å². The Morgan fingerprint density at radius 1 is 1.67 bits per heavy atom. The Labute approximate surface area is 89.6 Å². The first-order valence-electron chi connectivity index (χ1n) is 5.06. The number of hydrogen-bond acceptors (Lipinski definition) is 4. The number of carbonyl (C=O) groups is 1. The molecular weight excluding hydrogens is 194 g/mol. The Morgan fingerprint density at radius 3 is 2.87 bits per heavy atom. The maximum absolute atomic E-state index is 11.2. The molecule has 0 saturated carbocycles. The molecular formula is C11H17NO3. The average molecular weight is 211 g/mol. The van der Waals surface area contributed by atoms with Crippen LogP contribution in [-0.4, -0.2) is 19.1 Å². The van der Waals surface area contributed by atoms with E-state index in [1.807, 2.05) is 19.1 Å². The molecule has 0 amide bonds. The second-order valence-corrected chi connectivity index (χ2v) is 3.39. The molecule has 84 valence electrons. The SMILES string of the molecule is CCC(N[C@@H](C)C(=O)OC)c1ccco1. The van der Waals surface area contributed by atoms with E-state index in [-0.39, 0.29) is 18.1 Å². The zero-order valence-electron chi connectivity index (χ0n) is 9.32. The van der Waals surface area contributed by atoms with Gasteiger partial charge in [0.15, 0.2) is 0 Å². The third kappa shape index (κ3) is 3.09. The summed E-state index contributed by atoms with van der Waals surface area (Å²) in [6, 6.07) is 3.45. The molecule has 0 saturated heterocycles. The van der Waals surface area contributed by atoms with Crippen LogP contribution in [0.5, 0.6) is 0 Å². The summed E-state index contributed by atoms with van der Waals surface area (Å²) in [4.78, 5) is 11.2. The van der Waals surface area contributed by atoms with Crippen molar-refractivity contribution < 1.29 is 13.9 Å². The summed E-state index contributed by atoms with van der Waals surface area (Å²) < 4.78 is 9.93. The summed E-state index contributed by atoms with van der Waals surface area (Å²) in [7, 11) is 1.38. The first-order valence-corrected chi connectivity index (χ1v) is 5.06. The minimum atomic E-state index is -0.329. The van der Waals surface area contributed by atoms with Crippen molar-refractivity contribution in [1.29, 1.82) is 0 Å². The van der Waals surface area contributed by atoms with E-state index in [1.165, 1.54) is 7.11 Å². The quantitative estimate of drug-likeness (QED) is 0.755. The molecule has 0 aromatic carbocycles. The first kappa shape index (κ1) is 11.8. The number of methoxy groups -OCH3 is 1. The summed E-state index contributed by atoms with van der Waals surface area (Å²) in [5.41, 5.74) is 0. The summed E-state index contributed by atoms with van der Waals surface area (Å²) in [6.45, 7) is 3.81. The van der Waals surface area contributed by atoms with Gasteiger partial charge in [0.1, 0.15) is 11.8 Å². The van der Waals surface area contributed by atoms with E-state index >= 15 is 0 Å². The number of rotatable bonds is 5. The summed E-state index contributed by atoms with van der Waals surface area (Å²) in [5, 5.41) is 3.15. The molecule has 1 aromatic rings. The number of esters is 1. The van der Waals surface area contributed by atoms with E-state index in [4.69, 9.17) is 4.42 Å². The molecule has 0 bridgehead atoms. The highest BCUT2D eigenvalue weighted by atomic mass is 16.5. The minimum Gasteiger partial charge on any atom is -0.468 e. The predicted octanol–water partition coefficient (Wildman–Crippen LogP) is 1.88. The van der Waals surface area contributed by atoms with Crippen LogP contribution in [0.4, 0.5) is 0 Å². The Morgan fingerprint density at radius 2 is 2.40 bits per heavy atom. The Kier molecular flexibility index (Phi) is 4.37. The van der Waals surface area contributed by atoms with Gasteiger partial charge in [-0.2, -0.15) is 0 Å². The molecule has 1 heterocycles. The molecule has 1 rings (SSSR count). The van der Waals surface area contributed by atoms with Crippen molar-refractivity contribution in [3.05, 3.63) is 24.2 Å². The molecule has 0 radical (unpaired) electrons. The van der Waals surface area contributed by atoms with Gasteiger partial charge in [-0.1, -0.05) is 6.92 Å². The molecule has 0 fully saturated rings. The van der Waals surface area contributed by atoms with E-state index < -0.39 is 0 Å². The third-order valence-corrected chi connectivity index (χ3v) is 2.30. The van der Waals surface area contributed by atoms with E-state index in [1.54, 1.807) is 13.2 Å². The van der Waals surface area contributed by atoms with Crippen LogP contribution in [0.1, 0.15) is 32.1 Å². The van der Waals surface area contributed by atoms with Crippen LogP contribution in [-0.2, 0) is 9.53 Å². The average Bonchev–Trinajstić information content (AvgIpc) is 2.77. The van der Waals surface area contributed by atoms with E-state index in [2.05, 4.69) is 10.1 Å². The van der Waals surface area contributed by atoms with Gasteiger partial charge in [-0.15, -0.1) is 0 Å². The van der Waals surface area contributed by atoms with E-state index in [0.717, 1.165) is 12.2 Å². The van der Waals surface area contributed by atoms with Crippen molar-refractivity contribution in [2.24, 2.45) is 0 Å². The lowest BCUT2D eigenvalue weighted by Gasteiger charge is -2.18. The lowest BCUT2D eigenvalue weighted by molar-refractivity contribution is -0.142. The predicted molar refractivity (Wildman–Crippen MR) is 56.4 cm³/mol. The summed E-state index contributed by atoms with van der Waals surface area (Å²) in [6.07, 6.45) is 2.48. The van der Waals surface area contributed by atoms with Gasteiger partial charge in [0.05, 0.1) is 19.4 Å². The topological polar surface area (TPSA) is 51.5 Å². The normalized spacial score (nSPS) is 14.6. The van der Waals surface area contributed by atoms with Crippen molar-refractivity contribution >= 4 is 5.97 Å². The van der Waals surface area contributed by atoms with Crippen LogP contribution in [0.3, 0.4) is 0 Å². The number of carbonyl (C=O) groups excluding carboxylic acids is 1. The van der Waals surface area contributed by atoms with Gasteiger partial charge < -0.3 is 9.15 Å². The maximum atomic E-state index is 11.2. The molecule has 2 atom stereocenters. The van der Waals surface area contributed by atoms with Gasteiger partial charge in [-0.25, -0.2) is 0 Å². The van der Waals surface area contributed by atoms with Crippen LogP contribution in [0.15, 0.2) is 22.8 Å². The van der Waals surface area contributed by atoms with E-state index in [9.17, 15) is 4.79 Å². The van der Waals surface area contributed by atoms with Crippen LogP contribution >= 0.6 is 0 Å². The van der Waals surface area contributed by atoms with Gasteiger partial charge in [0, 0.05) is 0 Å². The molecule has 0 aliphatic heterocycles. The van der Waals surface area contributed by atoms with Gasteiger partial charge in [0.2, 0.25) is 0 Å². The van der Waals surface area contributed by atoms with Crippen molar-refractivity contribution in [2.75, 3.05) is 7.11 Å². The first-order chi connectivity index (χ1) is 7.19. The van der Waals surface area contributed by atoms with Crippen molar-refractivity contribution in [3.8, 4) is 0 Å². The van der Waals surface area contributed by atoms with E-state index in [0.29, 0.717) is 0 Å². The second kappa shape index (κ2) is 5.56. The number of furan rings is 1. The Hall–Kier alpha value is -1.29. The molecule has 1 N–H and O–H groups in total. The molecule has 4 nitrogen and oxygen atoms in total. The molecule has 1 aromatic heterocycles. The van der Waals surface area contributed by atoms with Gasteiger partial charge in [-0.05, 0) is 25.5 Å². The fourth-order valence-corrected chi connectivity index (χ4v) is 1.44. The fraction of sp³-hybridized carbons (Fsp3) is 0.545. The molecule has 4 heteroatoms. The largest absolute Gasteiger partial charge is 0.468 e. The fourth-order valence-electron chi connectivity index (χ4n) is 1.44. The highest BCUT2D eigenvalue weighted by molar-refractivity contribution is 5.75. The molecule has 15 heavy (non-hydrogen) atoms. The number of nitrogens with one attached hydrogen (secondary N) is 1. The third-order valence-electron chi connectivity index (χ3n) is 2.30. The lowest BCUT2D eigenvalue weighted by Crippen LogP contribution is -2.37. The van der Waals surface area contributed by atoms with Crippen LogP contribution in [0.2, 0.25) is 0 Å². The minimum absolute atomic E-state index is 0.0501. The summed E-state index contributed by atoms with van der Waals surface area (Å²) >= 11 is 0. The molecule has 0 aliphatic rings. The Balaban J connectivity index is 2.58. The lowest BCUT2D eigenvalue weighted by atomic mass is 10.1. The van der Waals surface area contributed by atoms with Gasteiger partial charge in [-0.3, -0.25) is 10.1 Å². The smallest absolute Gasteiger partial charge is 0.322 e. The van der Waals surface area contributed by atoms with Gasteiger partial charge >= 0.3 is 5.97 Å². The van der Waals surface area contributed by atoms with Crippen LogP contribution < -0.4 is 5.32 Å². The second-order valence-electron chi connectivity index (χ2n) is 3.39. The maximum Gasteiger partial charge on any atom is 0.322 e. The zero-order chi connectivity index (χ0) is 11.3. The zero-order valence-corrected chi connectivity index (χ0v) is 9.32. The van der Waals surface area contributed by atoms with Crippen molar-refractivity contribution in [2.45, 2.75) is 32.4 Å². The molecule has 0 aliphatic carbocycles.